The van der Waals surface area contributed by atoms with Gasteiger partial charge in [0, 0.05) is 95.6 Å². The van der Waals surface area contributed by atoms with Crippen molar-refractivity contribution in [1.29, 1.82) is 0 Å². The van der Waals surface area contributed by atoms with E-state index in [1.54, 1.807) is 18.9 Å². The van der Waals surface area contributed by atoms with Gasteiger partial charge in [-0.1, -0.05) is 103 Å². The Morgan fingerprint density at radius 3 is 1.91 bits per heavy atom. The molecule has 4 fully saturated rings. The molecule has 1 aromatic carbocycles. The quantitative estimate of drug-likeness (QED) is 0.115. The molecule has 2 saturated carbocycles. The summed E-state index contributed by atoms with van der Waals surface area (Å²) in [6.07, 6.45) is 6.72. The van der Waals surface area contributed by atoms with Gasteiger partial charge in [0.25, 0.3) is 0 Å². The fourth-order valence-electron chi connectivity index (χ4n) is 14.5. The van der Waals surface area contributed by atoms with Crippen molar-refractivity contribution >= 4 is 82.9 Å². The Labute approximate surface area is 624 Å². The molecule has 5 rings (SSSR count). The summed E-state index contributed by atoms with van der Waals surface area (Å²) in [6, 6.07) is -5.21. The van der Waals surface area contributed by atoms with Crippen molar-refractivity contribution in [1.82, 2.24) is 60.0 Å². The Kier molecular flexibility index (Phi) is 36.9. The van der Waals surface area contributed by atoms with E-state index < -0.39 is 150 Å². The smallest absolute Gasteiger partial charge is 0.382 e. The van der Waals surface area contributed by atoms with Crippen LogP contribution >= 0.6 is 11.6 Å². The average Bonchev–Trinajstić information content (AvgIpc) is 0.830. The van der Waals surface area contributed by atoms with Crippen LogP contribution in [0.2, 0.25) is 5.02 Å². The van der Waals surface area contributed by atoms with Crippen LogP contribution in [-0.2, 0) is 79.6 Å². The third kappa shape index (κ3) is 26.7. The minimum atomic E-state index is -4.75. The molecular formula is C75H120ClF3N12O14. The van der Waals surface area contributed by atoms with Crippen LogP contribution in [0.5, 0.6) is 0 Å². The highest BCUT2D eigenvalue weighted by atomic mass is 35.5. The zero-order valence-corrected chi connectivity index (χ0v) is 65.0. The van der Waals surface area contributed by atoms with Crippen LogP contribution in [0.3, 0.4) is 0 Å². The van der Waals surface area contributed by atoms with E-state index in [0.29, 0.717) is 57.0 Å². The Balaban J connectivity index is 1.57. The number of hydrogen-bond acceptors (Lipinski definition) is 15. The van der Waals surface area contributed by atoms with E-state index in [1.807, 2.05) is 20.8 Å². The fourth-order valence-corrected chi connectivity index (χ4v) is 14.8. The zero-order chi connectivity index (χ0) is 77.8. The van der Waals surface area contributed by atoms with Crippen molar-refractivity contribution in [3.63, 3.8) is 0 Å². The SMILES string of the molecule is CC[C@H](C)[C@@H]1NC(=O)[C@H](CC(C)C)N(C)C(=O)C[C@@H](C(=O)N2CCCCC2)N(C)C(=O)[C@H](C2CCCCC2)N(C)C(=O)CCCCNC(=O)CN(CCOCCOC)C(=O)[C@H](CCc2ccc(C(F)(F)F)c(Cl)c2)NCC(C=O)N(C)C(=O)[C@H](CC2CCCCC2)N(C)C(=O)CN(C)C(=O)CN(C)C1=O. The maximum absolute atomic E-state index is 15.4. The van der Waals surface area contributed by atoms with Gasteiger partial charge in [-0.3, -0.25) is 52.7 Å². The third-order valence-electron chi connectivity index (χ3n) is 21.6. The highest BCUT2D eigenvalue weighted by Crippen LogP contribution is 2.36. The van der Waals surface area contributed by atoms with Crippen LogP contribution < -0.4 is 16.0 Å². The topological polar surface area (TPSA) is 289 Å². The van der Waals surface area contributed by atoms with Crippen LogP contribution in [-0.4, -0.2) is 286 Å². The Morgan fingerprint density at radius 2 is 1.30 bits per heavy atom. The van der Waals surface area contributed by atoms with Crippen LogP contribution in [0.15, 0.2) is 18.2 Å². The number of carbonyl (C=O) groups is 12. The summed E-state index contributed by atoms with van der Waals surface area (Å²) in [7, 11) is 11.6. The first-order valence-corrected chi connectivity index (χ1v) is 38.2. The van der Waals surface area contributed by atoms with Gasteiger partial charge in [-0.25, -0.2) is 0 Å². The number of aldehydes is 1. The first kappa shape index (κ1) is 88.6. The lowest BCUT2D eigenvalue weighted by molar-refractivity contribution is -0.155. The molecule has 105 heavy (non-hydrogen) atoms. The summed E-state index contributed by atoms with van der Waals surface area (Å²) in [5.41, 5.74) is -0.728. The number of likely N-dealkylation sites (N-methyl/N-ethyl adjacent to an activating group) is 7. The van der Waals surface area contributed by atoms with Crippen LogP contribution in [0, 0.1) is 23.7 Å². The highest BCUT2D eigenvalue weighted by Gasteiger charge is 2.44. The molecule has 3 N–H and O–H groups in total. The number of alkyl halides is 3. The van der Waals surface area contributed by atoms with Crippen molar-refractivity contribution in [2.24, 2.45) is 23.7 Å². The molecule has 0 aromatic heterocycles. The number of ether oxygens (including phenoxy) is 2. The molecule has 2 aliphatic carbocycles. The molecule has 0 bridgehead atoms. The summed E-state index contributed by atoms with van der Waals surface area (Å²) in [5.74, 6) is -7.38. The maximum Gasteiger partial charge on any atom is 0.417 e. The molecule has 30 heteroatoms. The summed E-state index contributed by atoms with van der Waals surface area (Å²) >= 11 is 6.16. The lowest BCUT2D eigenvalue weighted by Crippen LogP contribution is -2.60. The highest BCUT2D eigenvalue weighted by molar-refractivity contribution is 6.31. The van der Waals surface area contributed by atoms with E-state index in [0.717, 1.165) is 79.7 Å². The van der Waals surface area contributed by atoms with Crippen molar-refractivity contribution in [3.05, 3.63) is 34.3 Å². The van der Waals surface area contributed by atoms with Crippen LogP contribution in [0.1, 0.15) is 174 Å². The Hall–Kier alpha value is -6.98. The number of methoxy groups -OCH3 is 1. The first-order chi connectivity index (χ1) is 49.8. The molecule has 1 aromatic rings. The van der Waals surface area contributed by atoms with Gasteiger partial charge in [0.15, 0.2) is 0 Å². The predicted molar refractivity (Wildman–Crippen MR) is 390 cm³/mol. The monoisotopic (exact) mass is 1500 g/mol. The number of amides is 11. The number of aryl methyl sites for hydroxylation is 1. The van der Waals surface area contributed by atoms with Crippen molar-refractivity contribution < 1.29 is 80.2 Å². The molecule has 0 spiro atoms. The number of likely N-dealkylation sites (tertiary alicyclic amines) is 1. The molecule has 4 aliphatic rings. The normalized spacial score (nSPS) is 24.9. The first-order valence-electron chi connectivity index (χ1n) is 37.8. The molecule has 2 heterocycles. The molecular weight excluding hydrogens is 1390 g/mol. The molecule has 2 aliphatic heterocycles. The molecule has 592 valence electrons. The second kappa shape index (κ2) is 43.7. The molecule has 0 radical (unpaired) electrons. The van der Waals surface area contributed by atoms with Crippen molar-refractivity contribution in [2.75, 3.05) is 129 Å². The van der Waals surface area contributed by atoms with E-state index >= 15 is 14.4 Å². The number of halogens is 4. The third-order valence-corrected chi connectivity index (χ3v) is 21.9. The fraction of sp³-hybridized carbons (Fsp3) is 0.760. The van der Waals surface area contributed by atoms with Gasteiger partial charge in [0.2, 0.25) is 65.0 Å². The van der Waals surface area contributed by atoms with Gasteiger partial charge in [0.05, 0.1) is 68.5 Å². The standard InChI is InChI=1S/C75H120ClF3N12O14/c1-13-51(4)67-73(102)84(6)47-65(96)83(5)48-66(97)87(9)60(43-52-25-17-14-18-26-52)71(100)85(7)55(49-92)45-81-58(33-31-53-30-32-56(57(76)42-53)75(77,78)79)70(99)91(37-38-105-40-39-104-12)46-62(93)80-34-22-21-29-63(94)89(11)68(54-27-19-15-20-28-54)74(103)88(10)61(72(101)90-35-23-16-24-36-90)44-64(95)86(8)59(41-50(2)3)69(98)82-67/h30,32,42,49-52,54-55,58-61,67-68,81H,13-29,31,33-41,43-48H2,1-12H3,(H,80,93)(H,82,98)/t51-,55?,58-,59-,60-,61-,67-,68-/m0/s1. The van der Waals surface area contributed by atoms with Gasteiger partial charge in [0.1, 0.15) is 36.5 Å². The second-order valence-corrected chi connectivity index (χ2v) is 30.2. The van der Waals surface area contributed by atoms with Crippen molar-refractivity contribution in [3.8, 4) is 0 Å². The van der Waals surface area contributed by atoms with E-state index in [9.17, 15) is 56.3 Å². The van der Waals surface area contributed by atoms with Gasteiger partial charge in [-0.2, -0.15) is 13.2 Å². The van der Waals surface area contributed by atoms with Gasteiger partial charge in [-0.05, 0) is 112 Å². The minimum Gasteiger partial charge on any atom is -0.382 e. The van der Waals surface area contributed by atoms with Crippen molar-refractivity contribution in [2.45, 2.75) is 217 Å². The largest absolute Gasteiger partial charge is 0.417 e. The number of nitrogens with zero attached hydrogens (tertiary/aromatic N) is 9. The number of benzene rings is 1. The summed E-state index contributed by atoms with van der Waals surface area (Å²) < 4.78 is 52.5. The number of carbonyl (C=O) groups excluding carboxylic acids is 12. The molecule has 11 amide bonds. The van der Waals surface area contributed by atoms with Crippen LogP contribution in [0.25, 0.3) is 0 Å². The lowest BCUT2D eigenvalue weighted by atomic mass is 9.82. The van der Waals surface area contributed by atoms with Gasteiger partial charge < -0.3 is 74.3 Å². The number of nitrogens with one attached hydrogen (secondary N) is 3. The average molecular weight is 1510 g/mol. The number of piperidine rings is 1. The molecule has 8 atom stereocenters. The Bertz CT molecular complexity index is 3060. The summed E-state index contributed by atoms with van der Waals surface area (Å²) in [6.45, 7) is 6.41. The summed E-state index contributed by atoms with van der Waals surface area (Å²) in [5, 5.41) is 8.32. The number of rotatable bonds is 18. The Morgan fingerprint density at radius 1 is 0.676 bits per heavy atom. The summed E-state index contributed by atoms with van der Waals surface area (Å²) in [4.78, 5) is 187. The van der Waals surface area contributed by atoms with E-state index in [-0.39, 0.29) is 108 Å². The number of hydrogen-bond donors (Lipinski definition) is 3. The molecule has 1 unspecified atom stereocenters. The van der Waals surface area contributed by atoms with Gasteiger partial charge in [-0.15, -0.1) is 0 Å². The molecule has 2 saturated heterocycles. The van der Waals surface area contributed by atoms with E-state index in [2.05, 4.69) is 16.0 Å². The lowest BCUT2D eigenvalue weighted by Gasteiger charge is -2.41. The van der Waals surface area contributed by atoms with E-state index in [4.69, 9.17) is 21.1 Å². The van der Waals surface area contributed by atoms with Crippen LogP contribution in [0.4, 0.5) is 13.2 Å². The van der Waals surface area contributed by atoms with Gasteiger partial charge >= 0.3 is 6.18 Å². The van der Waals surface area contributed by atoms with E-state index in [1.165, 1.54) is 84.9 Å². The maximum atomic E-state index is 15.4. The second-order valence-electron chi connectivity index (χ2n) is 29.8. The zero-order valence-electron chi connectivity index (χ0n) is 64.2. The minimum absolute atomic E-state index is 0.00180. The molecule has 26 nitrogen and oxygen atoms in total. The predicted octanol–water partition coefficient (Wildman–Crippen LogP) is 5.82.